The van der Waals surface area contributed by atoms with Gasteiger partial charge in [-0.1, -0.05) is 48.0 Å². The molecule has 1 heterocycles. The van der Waals surface area contributed by atoms with E-state index in [9.17, 15) is 5.11 Å². The number of aromatic nitrogens is 2. The Labute approximate surface area is 168 Å². The van der Waals surface area contributed by atoms with Gasteiger partial charge in [-0.15, -0.1) is 0 Å². The van der Waals surface area contributed by atoms with Gasteiger partial charge in [-0.05, 0) is 31.2 Å². The highest BCUT2D eigenvalue weighted by molar-refractivity contribution is 5.91. The summed E-state index contributed by atoms with van der Waals surface area (Å²) in [5.74, 6) is 1.63. The number of hydrazone groups is 1. The third-order valence-electron chi connectivity index (χ3n) is 4.54. The van der Waals surface area contributed by atoms with Crippen LogP contribution in [0.4, 0.5) is 5.82 Å². The summed E-state index contributed by atoms with van der Waals surface area (Å²) in [7, 11) is 1.51. The molecule has 6 heteroatoms. The fourth-order valence-corrected chi connectivity index (χ4v) is 2.96. The normalized spacial score (nSPS) is 11.1. The van der Waals surface area contributed by atoms with E-state index >= 15 is 0 Å². The number of ether oxygens (including phenoxy) is 1. The molecule has 0 saturated heterocycles. The number of hydrogen-bond donors (Lipinski definition) is 2. The second kappa shape index (κ2) is 7.98. The number of rotatable bonds is 5. The maximum atomic E-state index is 10.2. The van der Waals surface area contributed by atoms with Gasteiger partial charge in [-0.3, -0.25) is 5.43 Å². The molecule has 4 aromatic rings. The van der Waals surface area contributed by atoms with Crippen LogP contribution in [-0.2, 0) is 0 Å². The average molecular weight is 384 g/mol. The number of phenolic OH excluding ortho intramolecular Hbond substituents is 1. The van der Waals surface area contributed by atoms with Crippen LogP contribution in [0, 0.1) is 6.92 Å². The van der Waals surface area contributed by atoms with Gasteiger partial charge in [-0.2, -0.15) is 5.10 Å². The summed E-state index contributed by atoms with van der Waals surface area (Å²) in [4.78, 5) is 9.34. The molecule has 3 aromatic carbocycles. The second-order valence-corrected chi connectivity index (χ2v) is 6.55. The molecule has 0 aliphatic heterocycles. The summed E-state index contributed by atoms with van der Waals surface area (Å²) < 4.78 is 5.13. The van der Waals surface area contributed by atoms with Crippen molar-refractivity contribution in [3.05, 3.63) is 77.9 Å². The van der Waals surface area contributed by atoms with Gasteiger partial charge in [0.15, 0.2) is 23.1 Å². The van der Waals surface area contributed by atoms with Crippen molar-refractivity contribution in [2.45, 2.75) is 6.92 Å². The number of para-hydroxylation sites is 2. The number of aromatic hydroxyl groups is 1. The number of nitrogens with one attached hydrogen (secondary N) is 1. The Bertz CT molecular complexity index is 1190. The van der Waals surface area contributed by atoms with Gasteiger partial charge >= 0.3 is 0 Å². The SMILES string of the molecule is COc1cccc(/C=N\Nc2nc(-c3ccc(C)cc3)nc3ccccc23)c1O. The van der Waals surface area contributed by atoms with Crippen molar-refractivity contribution in [3.63, 3.8) is 0 Å². The van der Waals surface area contributed by atoms with Gasteiger partial charge in [0.25, 0.3) is 0 Å². The number of nitrogens with zero attached hydrogens (tertiary/aromatic N) is 3. The highest BCUT2D eigenvalue weighted by Crippen LogP contribution is 2.28. The van der Waals surface area contributed by atoms with Crippen molar-refractivity contribution in [1.82, 2.24) is 9.97 Å². The van der Waals surface area contributed by atoms with Crippen LogP contribution in [0.15, 0.2) is 71.8 Å². The number of benzene rings is 3. The first kappa shape index (κ1) is 18.4. The quantitative estimate of drug-likeness (QED) is 0.383. The standard InChI is InChI=1S/C23H20N4O2/c1-15-10-12-16(13-11-15)22-25-19-8-4-3-7-18(19)23(26-22)27-24-14-17-6-5-9-20(29-2)21(17)28/h3-14,28H,1-2H3,(H,25,26,27)/b24-14-. The van der Waals surface area contributed by atoms with Crippen LogP contribution in [-0.4, -0.2) is 28.4 Å². The van der Waals surface area contributed by atoms with E-state index in [0.717, 1.165) is 16.5 Å². The molecule has 0 spiro atoms. The molecular weight excluding hydrogens is 364 g/mol. The molecule has 0 aliphatic carbocycles. The number of hydrogen-bond acceptors (Lipinski definition) is 6. The Morgan fingerprint density at radius 1 is 0.966 bits per heavy atom. The Morgan fingerprint density at radius 3 is 2.55 bits per heavy atom. The van der Waals surface area contributed by atoms with Crippen LogP contribution in [0.2, 0.25) is 0 Å². The van der Waals surface area contributed by atoms with Crippen LogP contribution >= 0.6 is 0 Å². The fourth-order valence-electron chi connectivity index (χ4n) is 2.96. The fraction of sp³-hybridized carbons (Fsp3) is 0.0870. The summed E-state index contributed by atoms with van der Waals surface area (Å²) in [5.41, 5.74) is 6.45. The lowest BCUT2D eigenvalue weighted by Crippen LogP contribution is -1.99. The number of aryl methyl sites for hydroxylation is 1. The summed E-state index contributed by atoms with van der Waals surface area (Å²) in [6.07, 6.45) is 1.53. The molecule has 0 radical (unpaired) electrons. The van der Waals surface area contributed by atoms with Gasteiger partial charge in [0.2, 0.25) is 0 Å². The first-order valence-corrected chi connectivity index (χ1v) is 9.14. The third kappa shape index (κ3) is 3.87. The van der Waals surface area contributed by atoms with Crippen LogP contribution in [0.3, 0.4) is 0 Å². The Hall–Kier alpha value is -3.93. The molecule has 2 N–H and O–H groups in total. The van der Waals surface area contributed by atoms with Gasteiger partial charge in [0.1, 0.15) is 0 Å². The first-order chi connectivity index (χ1) is 14.2. The zero-order valence-corrected chi connectivity index (χ0v) is 16.1. The molecule has 0 amide bonds. The van der Waals surface area contributed by atoms with Crippen molar-refractivity contribution in [2.24, 2.45) is 5.10 Å². The van der Waals surface area contributed by atoms with Gasteiger partial charge in [0, 0.05) is 16.5 Å². The zero-order valence-electron chi connectivity index (χ0n) is 16.1. The summed E-state index contributed by atoms with van der Waals surface area (Å²) in [6.45, 7) is 2.04. The molecular formula is C23H20N4O2. The molecule has 6 nitrogen and oxygen atoms in total. The van der Waals surface area contributed by atoms with E-state index in [1.165, 1.54) is 18.9 Å². The molecule has 144 valence electrons. The first-order valence-electron chi connectivity index (χ1n) is 9.14. The molecule has 1 aromatic heterocycles. The summed E-state index contributed by atoms with van der Waals surface area (Å²) in [5, 5.41) is 15.3. The lowest BCUT2D eigenvalue weighted by atomic mass is 10.1. The average Bonchev–Trinajstić information content (AvgIpc) is 2.75. The van der Waals surface area contributed by atoms with E-state index < -0.39 is 0 Å². The highest BCUT2D eigenvalue weighted by atomic mass is 16.5. The Balaban J connectivity index is 1.70. The zero-order chi connectivity index (χ0) is 20.2. The number of anilines is 1. The van der Waals surface area contributed by atoms with E-state index in [1.807, 2.05) is 55.5 Å². The predicted octanol–water partition coefficient (Wildman–Crippen LogP) is 4.77. The lowest BCUT2D eigenvalue weighted by Gasteiger charge is -2.09. The molecule has 0 aliphatic rings. The topological polar surface area (TPSA) is 79.6 Å². The van der Waals surface area contributed by atoms with Crippen LogP contribution in [0.5, 0.6) is 11.5 Å². The maximum Gasteiger partial charge on any atom is 0.166 e. The van der Waals surface area contributed by atoms with E-state index in [2.05, 4.69) is 20.5 Å². The van der Waals surface area contributed by atoms with Crippen molar-refractivity contribution >= 4 is 22.9 Å². The van der Waals surface area contributed by atoms with Crippen LogP contribution in [0.25, 0.3) is 22.3 Å². The molecule has 0 fully saturated rings. The highest BCUT2D eigenvalue weighted by Gasteiger charge is 2.09. The molecule has 0 atom stereocenters. The largest absolute Gasteiger partial charge is 0.504 e. The summed E-state index contributed by atoms with van der Waals surface area (Å²) >= 11 is 0. The van der Waals surface area contributed by atoms with E-state index in [1.54, 1.807) is 18.2 Å². The van der Waals surface area contributed by atoms with Crippen molar-refractivity contribution < 1.29 is 9.84 Å². The van der Waals surface area contributed by atoms with Crippen molar-refractivity contribution in [2.75, 3.05) is 12.5 Å². The number of phenols is 1. The Morgan fingerprint density at radius 2 is 1.76 bits per heavy atom. The van der Waals surface area contributed by atoms with Crippen LogP contribution < -0.4 is 10.2 Å². The molecule has 4 rings (SSSR count). The molecule has 0 bridgehead atoms. The van der Waals surface area contributed by atoms with Gasteiger partial charge in [-0.25, -0.2) is 9.97 Å². The molecule has 29 heavy (non-hydrogen) atoms. The van der Waals surface area contributed by atoms with E-state index in [-0.39, 0.29) is 5.75 Å². The van der Waals surface area contributed by atoms with E-state index in [0.29, 0.717) is 23.0 Å². The lowest BCUT2D eigenvalue weighted by molar-refractivity contribution is 0.373. The third-order valence-corrected chi connectivity index (χ3v) is 4.54. The Kier molecular flexibility index (Phi) is 5.07. The van der Waals surface area contributed by atoms with Gasteiger partial charge in [0.05, 0.1) is 18.8 Å². The van der Waals surface area contributed by atoms with Gasteiger partial charge < -0.3 is 9.84 Å². The van der Waals surface area contributed by atoms with Crippen molar-refractivity contribution in [1.29, 1.82) is 0 Å². The second-order valence-electron chi connectivity index (χ2n) is 6.55. The minimum Gasteiger partial charge on any atom is -0.504 e. The predicted molar refractivity (Wildman–Crippen MR) is 116 cm³/mol. The molecule has 0 unspecified atom stereocenters. The number of methoxy groups -OCH3 is 1. The number of fused-ring (bicyclic) bond motifs is 1. The summed E-state index contributed by atoms with van der Waals surface area (Å²) in [6, 6.07) is 21.0. The minimum atomic E-state index is 0.0356. The monoisotopic (exact) mass is 384 g/mol. The minimum absolute atomic E-state index is 0.0356. The smallest absolute Gasteiger partial charge is 0.166 e. The van der Waals surface area contributed by atoms with E-state index in [4.69, 9.17) is 4.74 Å². The van der Waals surface area contributed by atoms with Crippen LogP contribution in [0.1, 0.15) is 11.1 Å². The van der Waals surface area contributed by atoms with Crippen molar-refractivity contribution in [3.8, 4) is 22.9 Å². The maximum absolute atomic E-state index is 10.2. The molecule has 0 saturated carbocycles.